The van der Waals surface area contributed by atoms with Crippen molar-refractivity contribution in [2.24, 2.45) is 0 Å². The number of amides is 1. The van der Waals surface area contributed by atoms with Gasteiger partial charge in [-0.15, -0.1) is 0 Å². The zero-order valence-electron chi connectivity index (χ0n) is 13.1. The molecule has 1 aromatic carbocycles. The summed E-state index contributed by atoms with van der Waals surface area (Å²) in [7, 11) is 0. The van der Waals surface area contributed by atoms with Gasteiger partial charge in [-0.05, 0) is 45.2 Å². The summed E-state index contributed by atoms with van der Waals surface area (Å²) < 4.78 is 6.16. The Morgan fingerprint density at radius 3 is 2.88 bits per heavy atom. The number of halogens is 3. The Kier molecular flexibility index (Phi) is 6.11. The summed E-state index contributed by atoms with van der Waals surface area (Å²) in [5, 5.41) is 3.72. The van der Waals surface area contributed by atoms with Crippen molar-refractivity contribution in [3.05, 3.63) is 50.8 Å². The summed E-state index contributed by atoms with van der Waals surface area (Å²) in [4.78, 5) is 22.7. The number of hydrogen-bond acceptors (Lipinski definition) is 5. The number of aromatic nitrogens is 2. The van der Waals surface area contributed by atoms with Gasteiger partial charge in [0.1, 0.15) is 11.9 Å². The number of ether oxygens (including phenoxy) is 1. The van der Waals surface area contributed by atoms with Crippen molar-refractivity contribution in [3.8, 4) is 0 Å². The van der Waals surface area contributed by atoms with Crippen LogP contribution in [0, 0.1) is 0 Å². The van der Waals surface area contributed by atoms with Crippen LogP contribution in [0.5, 0.6) is 0 Å². The van der Waals surface area contributed by atoms with Crippen LogP contribution in [0.15, 0.2) is 34.9 Å². The van der Waals surface area contributed by atoms with E-state index in [0.29, 0.717) is 35.0 Å². The van der Waals surface area contributed by atoms with Gasteiger partial charge in [-0.1, -0.05) is 23.7 Å². The third-order valence-electron chi connectivity index (χ3n) is 3.78. The number of morpholine rings is 1. The van der Waals surface area contributed by atoms with Gasteiger partial charge in [0.05, 0.1) is 17.7 Å². The first-order valence-electron chi connectivity index (χ1n) is 7.59. The van der Waals surface area contributed by atoms with Crippen molar-refractivity contribution in [2.75, 3.05) is 24.7 Å². The van der Waals surface area contributed by atoms with E-state index in [2.05, 4.69) is 31.2 Å². The predicted molar refractivity (Wildman–Crippen MR) is 100.0 cm³/mol. The molecule has 2 aromatic rings. The van der Waals surface area contributed by atoms with Gasteiger partial charge in [0.15, 0.2) is 0 Å². The van der Waals surface area contributed by atoms with Crippen LogP contribution in [0.4, 0.5) is 5.82 Å². The van der Waals surface area contributed by atoms with Gasteiger partial charge in [0.2, 0.25) is 11.2 Å². The number of nitrogens with zero attached hydrogens (tertiary/aromatic N) is 3. The highest BCUT2D eigenvalue weighted by Crippen LogP contribution is 2.27. The molecule has 0 aliphatic carbocycles. The van der Waals surface area contributed by atoms with Crippen LogP contribution in [0.3, 0.4) is 0 Å². The molecule has 1 amide bonds. The maximum Gasteiger partial charge on any atom is 0.245 e. The summed E-state index contributed by atoms with van der Waals surface area (Å²) in [6.07, 6.45) is 1.57. The minimum atomic E-state index is -0.497. The second kappa shape index (κ2) is 8.31. The average molecular weight is 446 g/mol. The molecule has 1 N–H and O–H groups in total. The normalized spacial score (nSPS) is 17.4. The van der Waals surface area contributed by atoms with Crippen molar-refractivity contribution in [1.29, 1.82) is 0 Å². The highest BCUT2D eigenvalue weighted by Gasteiger charge is 2.31. The molecule has 1 unspecified atom stereocenters. The van der Waals surface area contributed by atoms with E-state index in [-0.39, 0.29) is 17.8 Å². The van der Waals surface area contributed by atoms with E-state index < -0.39 is 6.04 Å². The molecule has 1 saturated heterocycles. The topological polar surface area (TPSA) is 67.3 Å². The molecule has 132 valence electrons. The molecule has 0 spiro atoms. The van der Waals surface area contributed by atoms with Gasteiger partial charge < -0.3 is 15.0 Å². The van der Waals surface area contributed by atoms with Gasteiger partial charge in [0, 0.05) is 24.3 Å². The highest BCUT2D eigenvalue weighted by molar-refractivity contribution is 9.10. The molecule has 1 atom stereocenters. The lowest BCUT2D eigenvalue weighted by Gasteiger charge is -2.35. The van der Waals surface area contributed by atoms with Gasteiger partial charge in [-0.2, -0.15) is 4.98 Å². The summed E-state index contributed by atoms with van der Waals surface area (Å²) in [6, 6.07) is 6.83. The first-order valence-corrected chi connectivity index (χ1v) is 9.14. The number of carbonyl (C=O) groups is 1. The van der Waals surface area contributed by atoms with Gasteiger partial charge >= 0.3 is 0 Å². The van der Waals surface area contributed by atoms with Crippen molar-refractivity contribution in [3.63, 3.8) is 0 Å². The van der Waals surface area contributed by atoms with E-state index in [4.69, 9.17) is 27.9 Å². The first-order chi connectivity index (χ1) is 12.0. The van der Waals surface area contributed by atoms with Crippen molar-refractivity contribution < 1.29 is 9.53 Å². The quantitative estimate of drug-likeness (QED) is 0.732. The van der Waals surface area contributed by atoms with Crippen LogP contribution in [-0.2, 0) is 16.1 Å². The molecule has 1 aliphatic rings. The number of anilines is 1. The molecular weight excluding hydrogens is 431 g/mol. The predicted octanol–water partition coefficient (Wildman–Crippen LogP) is 3.07. The third kappa shape index (κ3) is 4.61. The van der Waals surface area contributed by atoms with Crippen LogP contribution in [-0.4, -0.2) is 41.7 Å². The van der Waals surface area contributed by atoms with E-state index in [1.807, 2.05) is 17.0 Å². The first kappa shape index (κ1) is 18.4. The zero-order chi connectivity index (χ0) is 17.8. The number of benzene rings is 1. The van der Waals surface area contributed by atoms with E-state index in [9.17, 15) is 4.79 Å². The fourth-order valence-corrected chi connectivity index (χ4v) is 3.20. The Labute approximate surface area is 163 Å². The molecule has 0 bridgehead atoms. The molecule has 6 nitrogen and oxygen atoms in total. The molecule has 3 rings (SSSR count). The van der Waals surface area contributed by atoms with E-state index >= 15 is 0 Å². The van der Waals surface area contributed by atoms with Crippen LogP contribution >= 0.6 is 39.1 Å². The molecule has 2 heterocycles. The van der Waals surface area contributed by atoms with E-state index in [1.54, 1.807) is 18.3 Å². The van der Waals surface area contributed by atoms with Gasteiger partial charge in [0.25, 0.3) is 0 Å². The molecule has 25 heavy (non-hydrogen) atoms. The Balaban J connectivity index is 1.72. The van der Waals surface area contributed by atoms with Crippen LogP contribution in [0.1, 0.15) is 5.56 Å². The lowest BCUT2D eigenvalue weighted by Crippen LogP contribution is -2.54. The van der Waals surface area contributed by atoms with E-state index in [1.165, 1.54) is 0 Å². The van der Waals surface area contributed by atoms with Gasteiger partial charge in [-0.3, -0.25) is 4.79 Å². The standard InChI is InChI=1S/C16H15BrCl2N4O2/c17-12-8-21-16(19)22-14(12)23-5-6-25-9-13(23)15(24)20-7-10-1-3-11(18)4-2-10/h1-4,8,13H,5-7,9H2,(H,20,24). The fourth-order valence-electron chi connectivity index (χ4n) is 2.52. The molecule has 1 aliphatic heterocycles. The van der Waals surface area contributed by atoms with Crippen molar-refractivity contribution in [2.45, 2.75) is 12.6 Å². The number of nitrogens with one attached hydrogen (secondary N) is 1. The maximum absolute atomic E-state index is 12.7. The second-order valence-electron chi connectivity index (χ2n) is 5.44. The second-order valence-corrected chi connectivity index (χ2v) is 7.07. The lowest BCUT2D eigenvalue weighted by molar-refractivity contribution is -0.124. The monoisotopic (exact) mass is 444 g/mol. The lowest BCUT2D eigenvalue weighted by atomic mass is 10.2. The summed E-state index contributed by atoms with van der Waals surface area (Å²) in [5.41, 5.74) is 0.965. The van der Waals surface area contributed by atoms with Crippen molar-refractivity contribution in [1.82, 2.24) is 15.3 Å². The molecule has 1 aromatic heterocycles. The van der Waals surface area contributed by atoms with Crippen LogP contribution in [0.25, 0.3) is 0 Å². The Bertz CT molecular complexity index is 760. The molecule has 0 radical (unpaired) electrons. The number of carbonyl (C=O) groups excluding carboxylic acids is 1. The molecule has 9 heteroatoms. The highest BCUT2D eigenvalue weighted by atomic mass is 79.9. The third-order valence-corrected chi connectivity index (χ3v) is 4.77. The summed E-state index contributed by atoms with van der Waals surface area (Å²) >= 11 is 15.2. The molecule has 1 fully saturated rings. The SMILES string of the molecule is O=C(NCc1ccc(Cl)cc1)C1COCCN1c1nc(Cl)ncc1Br. The number of rotatable bonds is 4. The summed E-state index contributed by atoms with van der Waals surface area (Å²) in [6.45, 7) is 1.73. The number of hydrogen-bond donors (Lipinski definition) is 1. The Morgan fingerprint density at radius 1 is 1.36 bits per heavy atom. The smallest absolute Gasteiger partial charge is 0.245 e. The summed E-state index contributed by atoms with van der Waals surface area (Å²) in [5.74, 6) is 0.436. The maximum atomic E-state index is 12.7. The fraction of sp³-hybridized carbons (Fsp3) is 0.312. The molecular formula is C16H15BrCl2N4O2. The minimum absolute atomic E-state index is 0.130. The van der Waals surface area contributed by atoms with E-state index in [0.717, 1.165) is 5.56 Å². The minimum Gasteiger partial charge on any atom is -0.377 e. The van der Waals surface area contributed by atoms with Gasteiger partial charge in [-0.25, -0.2) is 4.98 Å². The van der Waals surface area contributed by atoms with Crippen LogP contribution in [0.2, 0.25) is 10.3 Å². The molecule has 0 saturated carbocycles. The largest absolute Gasteiger partial charge is 0.377 e. The zero-order valence-corrected chi connectivity index (χ0v) is 16.2. The van der Waals surface area contributed by atoms with Crippen molar-refractivity contribution >= 4 is 50.9 Å². The average Bonchev–Trinajstić information content (AvgIpc) is 2.63. The van der Waals surface area contributed by atoms with Crippen LogP contribution < -0.4 is 10.2 Å². The Morgan fingerprint density at radius 2 is 2.12 bits per heavy atom. The Hall–Kier alpha value is -1.41.